The molecule has 0 spiro atoms. The lowest BCUT2D eigenvalue weighted by atomic mass is 10.0. The summed E-state index contributed by atoms with van der Waals surface area (Å²) in [5.74, 6) is 0.933. The lowest BCUT2D eigenvalue weighted by molar-refractivity contribution is 0.0526. The fourth-order valence-electron chi connectivity index (χ4n) is 2.23. The van der Waals surface area contributed by atoms with Crippen LogP contribution in [0, 0.1) is 0 Å². The predicted molar refractivity (Wildman–Crippen MR) is 89.9 cm³/mol. The number of halogens is 1. The highest BCUT2D eigenvalue weighted by Crippen LogP contribution is 2.39. The number of benzene rings is 2. The van der Waals surface area contributed by atoms with Gasteiger partial charge in [-0.3, -0.25) is 0 Å². The van der Waals surface area contributed by atoms with E-state index in [1.807, 2.05) is 26.0 Å². The minimum atomic E-state index is -0.371. The molecule has 0 saturated heterocycles. The molecular formula is C17H19BrO4. The number of esters is 1. The van der Waals surface area contributed by atoms with Gasteiger partial charge >= 0.3 is 5.97 Å². The summed E-state index contributed by atoms with van der Waals surface area (Å²) in [4.78, 5) is 12.0. The highest BCUT2D eigenvalue weighted by molar-refractivity contribution is 9.10. The quantitative estimate of drug-likeness (QED) is 0.726. The third kappa shape index (κ3) is 3.35. The van der Waals surface area contributed by atoms with Crippen molar-refractivity contribution in [3.8, 4) is 11.5 Å². The molecule has 0 atom stereocenters. The molecule has 5 heteroatoms. The van der Waals surface area contributed by atoms with Crippen LogP contribution < -0.4 is 9.47 Å². The molecule has 0 fully saturated rings. The fourth-order valence-corrected chi connectivity index (χ4v) is 2.67. The highest BCUT2D eigenvalue weighted by Gasteiger charge is 2.17. The van der Waals surface area contributed by atoms with Crippen molar-refractivity contribution in [3.63, 3.8) is 0 Å². The van der Waals surface area contributed by atoms with E-state index >= 15 is 0 Å². The lowest BCUT2D eigenvalue weighted by Gasteiger charge is -2.16. The smallest absolute Gasteiger partial charge is 0.338 e. The van der Waals surface area contributed by atoms with Crippen molar-refractivity contribution in [2.75, 3.05) is 13.7 Å². The van der Waals surface area contributed by atoms with Crippen LogP contribution >= 0.6 is 15.9 Å². The van der Waals surface area contributed by atoms with E-state index in [-0.39, 0.29) is 12.1 Å². The Bertz CT molecular complexity index is 695. The molecule has 0 N–H and O–H groups in total. The standard InChI is InChI=1S/C17H19BrO4/c1-5-21-17(19)11-8-12-13(18)6-7-14(22-10(2)3)16(12)15(9-11)20-4/h6-10H,5H2,1-4H3. The number of hydrogen-bond acceptors (Lipinski definition) is 4. The largest absolute Gasteiger partial charge is 0.496 e. The van der Waals surface area contributed by atoms with Crippen molar-refractivity contribution in [1.82, 2.24) is 0 Å². The van der Waals surface area contributed by atoms with Crippen LogP contribution in [0.3, 0.4) is 0 Å². The van der Waals surface area contributed by atoms with Gasteiger partial charge in [0.05, 0.1) is 30.8 Å². The van der Waals surface area contributed by atoms with Crippen molar-refractivity contribution < 1.29 is 19.0 Å². The van der Waals surface area contributed by atoms with Crippen molar-refractivity contribution in [2.24, 2.45) is 0 Å². The summed E-state index contributed by atoms with van der Waals surface area (Å²) in [6.07, 6.45) is 0.0406. The van der Waals surface area contributed by atoms with E-state index in [0.717, 1.165) is 21.0 Å². The molecule has 0 aromatic heterocycles. The molecule has 2 aromatic rings. The molecule has 0 saturated carbocycles. The van der Waals surface area contributed by atoms with E-state index in [0.29, 0.717) is 17.9 Å². The summed E-state index contributed by atoms with van der Waals surface area (Å²) < 4.78 is 17.3. The van der Waals surface area contributed by atoms with Crippen LogP contribution in [-0.4, -0.2) is 25.8 Å². The Hall–Kier alpha value is -1.75. The van der Waals surface area contributed by atoms with Gasteiger partial charge in [-0.25, -0.2) is 4.79 Å². The summed E-state index contributed by atoms with van der Waals surface area (Å²) in [6.45, 7) is 6.04. The Labute approximate surface area is 138 Å². The monoisotopic (exact) mass is 366 g/mol. The molecule has 0 aliphatic carbocycles. The first kappa shape index (κ1) is 16.6. The van der Waals surface area contributed by atoms with Gasteiger partial charge in [0.2, 0.25) is 0 Å². The molecule has 0 radical (unpaired) electrons. The first-order valence-corrected chi connectivity index (χ1v) is 7.91. The van der Waals surface area contributed by atoms with E-state index < -0.39 is 0 Å². The minimum absolute atomic E-state index is 0.0406. The van der Waals surface area contributed by atoms with E-state index in [9.17, 15) is 4.79 Å². The van der Waals surface area contributed by atoms with Crippen LogP contribution in [0.5, 0.6) is 11.5 Å². The van der Waals surface area contributed by atoms with Gasteiger partial charge in [-0.2, -0.15) is 0 Å². The molecule has 0 aliphatic heterocycles. The SMILES string of the molecule is CCOC(=O)c1cc(OC)c2c(OC(C)C)ccc(Br)c2c1. The molecule has 0 unspecified atom stereocenters. The molecule has 0 heterocycles. The van der Waals surface area contributed by atoms with Gasteiger partial charge in [-0.05, 0) is 45.0 Å². The molecule has 0 amide bonds. The Kier molecular flexibility index (Phi) is 5.29. The molecule has 118 valence electrons. The van der Waals surface area contributed by atoms with Crippen LogP contribution in [0.2, 0.25) is 0 Å². The normalized spacial score (nSPS) is 10.8. The van der Waals surface area contributed by atoms with E-state index in [1.54, 1.807) is 26.2 Å². The van der Waals surface area contributed by atoms with Gasteiger partial charge in [0.25, 0.3) is 0 Å². The topological polar surface area (TPSA) is 44.8 Å². The summed E-state index contributed by atoms with van der Waals surface area (Å²) >= 11 is 3.52. The maximum Gasteiger partial charge on any atom is 0.338 e. The number of carbonyl (C=O) groups excluding carboxylic acids is 1. The van der Waals surface area contributed by atoms with E-state index in [1.165, 1.54) is 0 Å². The maximum atomic E-state index is 12.0. The second-order valence-corrected chi connectivity index (χ2v) is 5.89. The van der Waals surface area contributed by atoms with Gasteiger partial charge in [0.1, 0.15) is 11.5 Å². The zero-order chi connectivity index (χ0) is 16.3. The van der Waals surface area contributed by atoms with Crippen LogP contribution in [0.25, 0.3) is 10.8 Å². The summed E-state index contributed by atoms with van der Waals surface area (Å²) in [7, 11) is 1.57. The fraction of sp³-hybridized carbons (Fsp3) is 0.353. The summed E-state index contributed by atoms with van der Waals surface area (Å²) in [5.41, 5.74) is 0.452. The van der Waals surface area contributed by atoms with Gasteiger partial charge in [-0.15, -0.1) is 0 Å². The van der Waals surface area contributed by atoms with Crippen LogP contribution in [0.1, 0.15) is 31.1 Å². The number of hydrogen-bond donors (Lipinski definition) is 0. The molecule has 0 aliphatic rings. The summed E-state index contributed by atoms with van der Waals surface area (Å²) in [6, 6.07) is 7.25. The van der Waals surface area contributed by atoms with Gasteiger partial charge in [0, 0.05) is 9.86 Å². The Morgan fingerprint density at radius 2 is 1.95 bits per heavy atom. The zero-order valence-electron chi connectivity index (χ0n) is 13.1. The van der Waals surface area contributed by atoms with E-state index in [2.05, 4.69) is 15.9 Å². The Morgan fingerprint density at radius 3 is 2.55 bits per heavy atom. The van der Waals surface area contributed by atoms with Crippen LogP contribution in [0.4, 0.5) is 0 Å². The average molecular weight is 367 g/mol. The van der Waals surface area contributed by atoms with Crippen molar-refractivity contribution >= 4 is 32.7 Å². The van der Waals surface area contributed by atoms with E-state index in [4.69, 9.17) is 14.2 Å². The third-order valence-electron chi connectivity index (χ3n) is 3.08. The third-order valence-corrected chi connectivity index (χ3v) is 3.77. The second kappa shape index (κ2) is 7.01. The lowest BCUT2D eigenvalue weighted by Crippen LogP contribution is -2.08. The molecule has 4 nitrogen and oxygen atoms in total. The zero-order valence-corrected chi connectivity index (χ0v) is 14.7. The van der Waals surface area contributed by atoms with Crippen LogP contribution in [-0.2, 0) is 4.74 Å². The van der Waals surface area contributed by atoms with Crippen molar-refractivity contribution in [1.29, 1.82) is 0 Å². The number of fused-ring (bicyclic) bond motifs is 1. The Morgan fingerprint density at radius 1 is 1.23 bits per heavy atom. The predicted octanol–water partition coefficient (Wildman–Crippen LogP) is 4.57. The number of carbonyl (C=O) groups is 1. The first-order valence-electron chi connectivity index (χ1n) is 7.12. The second-order valence-electron chi connectivity index (χ2n) is 5.03. The number of methoxy groups -OCH3 is 1. The van der Waals surface area contributed by atoms with Crippen molar-refractivity contribution in [3.05, 3.63) is 34.3 Å². The maximum absolute atomic E-state index is 12.0. The minimum Gasteiger partial charge on any atom is -0.496 e. The van der Waals surface area contributed by atoms with Gasteiger partial charge in [0.15, 0.2) is 0 Å². The number of rotatable bonds is 5. The molecule has 22 heavy (non-hydrogen) atoms. The first-order chi connectivity index (χ1) is 10.5. The average Bonchev–Trinajstić information content (AvgIpc) is 2.49. The Balaban J connectivity index is 2.69. The van der Waals surface area contributed by atoms with Gasteiger partial charge < -0.3 is 14.2 Å². The highest BCUT2D eigenvalue weighted by atomic mass is 79.9. The molecule has 0 bridgehead atoms. The van der Waals surface area contributed by atoms with Crippen molar-refractivity contribution in [2.45, 2.75) is 26.9 Å². The van der Waals surface area contributed by atoms with Gasteiger partial charge in [-0.1, -0.05) is 15.9 Å². The molecule has 2 rings (SSSR count). The summed E-state index contributed by atoms with van der Waals surface area (Å²) in [5, 5.41) is 1.68. The molecular weight excluding hydrogens is 348 g/mol. The molecule has 2 aromatic carbocycles. The van der Waals surface area contributed by atoms with Crippen LogP contribution in [0.15, 0.2) is 28.7 Å². The number of ether oxygens (including phenoxy) is 3.